The zero-order chi connectivity index (χ0) is 14.5. The van der Waals surface area contributed by atoms with Crippen molar-refractivity contribution in [3.63, 3.8) is 0 Å². The SMILES string of the molecule is CCOC(=O)CCN(C)Cc1ncc(C(C)(C)C)o1. The van der Waals surface area contributed by atoms with Crippen LogP contribution in [-0.4, -0.2) is 36.1 Å². The van der Waals surface area contributed by atoms with Crippen molar-refractivity contribution in [1.82, 2.24) is 9.88 Å². The second-order valence-electron chi connectivity index (χ2n) is 5.66. The summed E-state index contributed by atoms with van der Waals surface area (Å²) in [6.07, 6.45) is 2.16. The second kappa shape index (κ2) is 6.70. The summed E-state index contributed by atoms with van der Waals surface area (Å²) in [7, 11) is 1.93. The molecule has 1 rings (SSSR count). The molecule has 0 N–H and O–H groups in total. The minimum absolute atomic E-state index is 0.0330. The summed E-state index contributed by atoms with van der Waals surface area (Å²) >= 11 is 0. The van der Waals surface area contributed by atoms with E-state index in [-0.39, 0.29) is 11.4 Å². The van der Waals surface area contributed by atoms with Gasteiger partial charge in [0.2, 0.25) is 5.89 Å². The molecule has 1 heterocycles. The number of carbonyl (C=O) groups is 1. The molecular formula is C14H24N2O3. The summed E-state index contributed by atoms with van der Waals surface area (Å²) in [5, 5.41) is 0. The largest absolute Gasteiger partial charge is 0.466 e. The van der Waals surface area contributed by atoms with Crippen LogP contribution in [0.4, 0.5) is 0 Å². The lowest BCUT2D eigenvalue weighted by atomic mass is 9.94. The Morgan fingerprint density at radius 3 is 2.68 bits per heavy atom. The van der Waals surface area contributed by atoms with E-state index in [9.17, 15) is 4.79 Å². The van der Waals surface area contributed by atoms with E-state index in [1.54, 1.807) is 6.20 Å². The van der Waals surface area contributed by atoms with Crippen LogP contribution in [0.1, 0.15) is 45.8 Å². The third-order valence-corrected chi connectivity index (χ3v) is 2.70. The zero-order valence-corrected chi connectivity index (χ0v) is 12.5. The molecule has 1 aromatic heterocycles. The molecule has 0 aliphatic carbocycles. The average Bonchev–Trinajstić information content (AvgIpc) is 2.75. The van der Waals surface area contributed by atoms with Crippen molar-refractivity contribution in [2.75, 3.05) is 20.2 Å². The molecule has 0 atom stereocenters. The first kappa shape index (κ1) is 15.7. The van der Waals surface area contributed by atoms with Crippen LogP contribution in [0.3, 0.4) is 0 Å². The molecule has 0 saturated heterocycles. The van der Waals surface area contributed by atoms with Crippen LogP contribution in [0, 0.1) is 0 Å². The highest BCUT2D eigenvalue weighted by Gasteiger charge is 2.19. The van der Waals surface area contributed by atoms with Crippen molar-refractivity contribution in [2.24, 2.45) is 0 Å². The maximum Gasteiger partial charge on any atom is 0.307 e. The first-order valence-corrected chi connectivity index (χ1v) is 6.62. The lowest BCUT2D eigenvalue weighted by Crippen LogP contribution is -2.22. The van der Waals surface area contributed by atoms with E-state index >= 15 is 0 Å². The van der Waals surface area contributed by atoms with E-state index in [1.165, 1.54) is 0 Å². The number of nitrogens with zero attached hydrogens (tertiary/aromatic N) is 2. The molecule has 0 saturated carbocycles. The average molecular weight is 268 g/mol. The van der Waals surface area contributed by atoms with E-state index < -0.39 is 0 Å². The third-order valence-electron chi connectivity index (χ3n) is 2.70. The van der Waals surface area contributed by atoms with Crippen LogP contribution in [-0.2, 0) is 21.5 Å². The standard InChI is InChI=1S/C14H24N2O3/c1-6-18-13(17)7-8-16(5)10-12-15-9-11(19-12)14(2,3)4/h9H,6-8,10H2,1-5H3. The Labute approximate surface area is 114 Å². The smallest absolute Gasteiger partial charge is 0.307 e. The number of carbonyl (C=O) groups excluding carboxylic acids is 1. The Morgan fingerprint density at radius 1 is 1.47 bits per heavy atom. The molecule has 108 valence electrons. The van der Waals surface area contributed by atoms with Crippen molar-refractivity contribution in [1.29, 1.82) is 0 Å². The lowest BCUT2D eigenvalue weighted by Gasteiger charge is -2.15. The highest BCUT2D eigenvalue weighted by molar-refractivity contribution is 5.69. The highest BCUT2D eigenvalue weighted by Crippen LogP contribution is 2.22. The van der Waals surface area contributed by atoms with E-state index in [0.29, 0.717) is 32.0 Å². The van der Waals surface area contributed by atoms with Crippen LogP contribution < -0.4 is 0 Å². The lowest BCUT2D eigenvalue weighted by molar-refractivity contribution is -0.143. The quantitative estimate of drug-likeness (QED) is 0.741. The van der Waals surface area contributed by atoms with Gasteiger partial charge in [0.1, 0.15) is 5.76 Å². The molecule has 0 bridgehead atoms. The molecule has 0 aromatic carbocycles. The van der Waals surface area contributed by atoms with Crippen molar-refractivity contribution in [2.45, 2.75) is 46.1 Å². The van der Waals surface area contributed by atoms with Gasteiger partial charge >= 0.3 is 5.97 Å². The Kier molecular flexibility index (Phi) is 5.54. The topological polar surface area (TPSA) is 55.6 Å². The third kappa shape index (κ3) is 5.42. The number of hydrogen-bond acceptors (Lipinski definition) is 5. The Hall–Kier alpha value is -1.36. The minimum atomic E-state index is -0.169. The molecule has 5 nitrogen and oxygen atoms in total. The van der Waals surface area contributed by atoms with Crippen molar-refractivity contribution in [3.8, 4) is 0 Å². The molecule has 5 heteroatoms. The van der Waals surface area contributed by atoms with Gasteiger partial charge in [-0.05, 0) is 14.0 Å². The molecule has 0 aliphatic heterocycles. The Morgan fingerprint density at radius 2 is 2.16 bits per heavy atom. The molecular weight excluding hydrogens is 244 g/mol. The molecule has 0 unspecified atom stereocenters. The summed E-state index contributed by atoms with van der Waals surface area (Å²) in [4.78, 5) is 17.5. The van der Waals surface area contributed by atoms with Crippen molar-refractivity contribution in [3.05, 3.63) is 17.8 Å². The fourth-order valence-electron chi connectivity index (χ4n) is 1.56. The minimum Gasteiger partial charge on any atom is -0.466 e. The predicted octanol–water partition coefficient (Wildman–Crippen LogP) is 2.36. The van der Waals surface area contributed by atoms with Gasteiger partial charge in [0.25, 0.3) is 0 Å². The number of esters is 1. The fraction of sp³-hybridized carbons (Fsp3) is 0.714. The van der Waals surface area contributed by atoms with Gasteiger partial charge in [-0.25, -0.2) is 4.98 Å². The van der Waals surface area contributed by atoms with Gasteiger partial charge in [0, 0.05) is 12.0 Å². The first-order valence-electron chi connectivity index (χ1n) is 6.62. The van der Waals surface area contributed by atoms with Gasteiger partial charge in [-0.1, -0.05) is 20.8 Å². The van der Waals surface area contributed by atoms with Crippen LogP contribution in [0.5, 0.6) is 0 Å². The van der Waals surface area contributed by atoms with Gasteiger partial charge in [-0.15, -0.1) is 0 Å². The van der Waals surface area contributed by atoms with E-state index in [1.807, 2.05) is 18.9 Å². The second-order valence-corrected chi connectivity index (χ2v) is 5.66. The van der Waals surface area contributed by atoms with Gasteiger partial charge in [-0.2, -0.15) is 0 Å². The molecule has 19 heavy (non-hydrogen) atoms. The summed E-state index contributed by atoms with van der Waals surface area (Å²) in [6.45, 7) is 9.71. The Balaban J connectivity index is 2.42. The maximum atomic E-state index is 11.2. The van der Waals surface area contributed by atoms with Crippen LogP contribution in [0.2, 0.25) is 0 Å². The van der Waals surface area contributed by atoms with Gasteiger partial charge < -0.3 is 9.15 Å². The molecule has 0 aliphatic rings. The summed E-state index contributed by atoms with van der Waals surface area (Å²) in [6, 6.07) is 0. The first-order chi connectivity index (χ1) is 8.82. The normalized spacial score (nSPS) is 11.9. The zero-order valence-electron chi connectivity index (χ0n) is 12.5. The summed E-state index contributed by atoms with van der Waals surface area (Å²) < 4.78 is 10.6. The number of oxazole rings is 1. The number of ether oxygens (including phenoxy) is 1. The van der Waals surface area contributed by atoms with E-state index in [2.05, 4.69) is 25.8 Å². The number of aromatic nitrogens is 1. The van der Waals surface area contributed by atoms with Gasteiger partial charge in [0.15, 0.2) is 0 Å². The molecule has 1 aromatic rings. The van der Waals surface area contributed by atoms with Crippen LogP contribution >= 0.6 is 0 Å². The monoisotopic (exact) mass is 268 g/mol. The highest BCUT2D eigenvalue weighted by atomic mass is 16.5. The summed E-state index contributed by atoms with van der Waals surface area (Å²) in [5.41, 5.74) is -0.0330. The summed E-state index contributed by atoms with van der Waals surface area (Å²) in [5.74, 6) is 1.38. The van der Waals surface area contributed by atoms with Crippen molar-refractivity contribution >= 4 is 5.97 Å². The van der Waals surface area contributed by atoms with E-state index in [4.69, 9.17) is 9.15 Å². The Bertz CT molecular complexity index is 407. The van der Waals surface area contributed by atoms with Gasteiger partial charge in [0.05, 0.1) is 25.8 Å². The number of rotatable bonds is 6. The van der Waals surface area contributed by atoms with Crippen LogP contribution in [0.15, 0.2) is 10.6 Å². The van der Waals surface area contributed by atoms with Gasteiger partial charge in [-0.3, -0.25) is 9.69 Å². The van der Waals surface area contributed by atoms with Crippen LogP contribution in [0.25, 0.3) is 0 Å². The molecule has 0 spiro atoms. The molecule has 0 amide bonds. The predicted molar refractivity (Wildman–Crippen MR) is 72.8 cm³/mol. The van der Waals surface area contributed by atoms with E-state index in [0.717, 1.165) is 5.76 Å². The number of hydrogen-bond donors (Lipinski definition) is 0. The fourth-order valence-corrected chi connectivity index (χ4v) is 1.56. The van der Waals surface area contributed by atoms with Crippen molar-refractivity contribution < 1.29 is 13.9 Å². The molecule has 0 fully saturated rings. The molecule has 0 radical (unpaired) electrons. The maximum absolute atomic E-state index is 11.2.